The molecule has 39 heavy (non-hydrogen) atoms. The Morgan fingerprint density at radius 2 is 2.00 bits per heavy atom. The van der Waals surface area contributed by atoms with Crippen LogP contribution in [0.15, 0.2) is 82.8 Å². The van der Waals surface area contributed by atoms with Crippen LogP contribution in [0.2, 0.25) is 0 Å². The number of carbonyl (C=O) groups excluding carboxylic acids is 1. The van der Waals surface area contributed by atoms with Crippen LogP contribution in [0.1, 0.15) is 34.2 Å². The molecule has 1 aromatic heterocycles. The van der Waals surface area contributed by atoms with E-state index in [1.807, 2.05) is 13.0 Å². The van der Waals surface area contributed by atoms with Gasteiger partial charge in [-0.2, -0.15) is 5.10 Å². The first-order valence-corrected chi connectivity index (χ1v) is 12.1. The fourth-order valence-corrected chi connectivity index (χ4v) is 3.91. The summed E-state index contributed by atoms with van der Waals surface area (Å²) in [6, 6.07) is 16.7. The Balaban J connectivity index is 1.49. The number of fused-ring (bicyclic) bond motifs is 1. The summed E-state index contributed by atoms with van der Waals surface area (Å²) in [5.41, 5.74) is 5.08. The molecule has 1 heterocycles. The number of non-ortho nitro benzene ring substituents is 1. The van der Waals surface area contributed by atoms with Crippen molar-refractivity contribution in [3.63, 3.8) is 0 Å². The van der Waals surface area contributed by atoms with Crippen LogP contribution in [-0.2, 0) is 13.0 Å². The Morgan fingerprint density at radius 1 is 1.15 bits per heavy atom. The minimum Gasteiger partial charge on any atom is -0.494 e. The van der Waals surface area contributed by atoms with E-state index in [1.165, 1.54) is 25.5 Å². The number of hydrogen-bond donors (Lipinski definition) is 1. The molecule has 0 fully saturated rings. The quantitative estimate of drug-likeness (QED) is 0.106. The number of nitro groups is 1. The third-order valence-corrected chi connectivity index (χ3v) is 5.65. The van der Waals surface area contributed by atoms with Gasteiger partial charge in [0.15, 0.2) is 17.3 Å². The molecular weight excluding hydrogens is 502 g/mol. The van der Waals surface area contributed by atoms with Crippen molar-refractivity contribution < 1.29 is 28.3 Å². The Labute approximate surface area is 224 Å². The highest BCUT2D eigenvalue weighted by molar-refractivity contribution is 5.96. The lowest BCUT2D eigenvalue weighted by Gasteiger charge is -2.16. The standard InChI is InChI=1S/C29H27N3O7/c1-4-7-21-12-20(14-26(36-3)28(21)38-18-19-8-6-9-23(13-19)32(34)35)17-30-31-29(33)27-16-22-15-24(37-5-2)10-11-25(22)39-27/h4,6,8-17H,1,5,7,18H2,2-3H3,(H,31,33)/b30-17+. The summed E-state index contributed by atoms with van der Waals surface area (Å²) in [7, 11) is 1.51. The van der Waals surface area contributed by atoms with Crippen LogP contribution in [-0.4, -0.2) is 30.8 Å². The predicted octanol–water partition coefficient (Wildman–Crippen LogP) is 5.82. The number of nitrogens with one attached hydrogen (secondary N) is 1. The first-order valence-electron chi connectivity index (χ1n) is 12.1. The van der Waals surface area contributed by atoms with Gasteiger partial charge in [-0.15, -0.1) is 6.58 Å². The SMILES string of the molecule is C=CCc1cc(/C=N/NC(=O)c2cc3cc(OCC)ccc3o2)cc(OC)c1OCc1cccc([N+](=O)[O-])c1. The number of methoxy groups -OCH3 is 1. The van der Waals surface area contributed by atoms with Crippen LogP contribution >= 0.6 is 0 Å². The molecule has 0 saturated carbocycles. The summed E-state index contributed by atoms with van der Waals surface area (Å²) >= 11 is 0. The molecule has 4 rings (SSSR count). The Bertz CT molecular complexity index is 1540. The van der Waals surface area contributed by atoms with Crippen molar-refractivity contribution in [3.8, 4) is 17.2 Å². The molecule has 0 bridgehead atoms. The number of benzene rings is 3. The van der Waals surface area contributed by atoms with E-state index in [2.05, 4.69) is 17.1 Å². The largest absolute Gasteiger partial charge is 0.494 e. The number of rotatable bonds is 12. The molecule has 0 aliphatic heterocycles. The first-order chi connectivity index (χ1) is 18.9. The number of carbonyl (C=O) groups is 1. The molecule has 0 aliphatic rings. The number of nitrogens with zero attached hydrogens (tertiary/aromatic N) is 2. The van der Waals surface area contributed by atoms with Gasteiger partial charge in [-0.3, -0.25) is 14.9 Å². The first kappa shape index (κ1) is 26.9. The zero-order valence-electron chi connectivity index (χ0n) is 21.5. The molecule has 0 aliphatic carbocycles. The Kier molecular flexibility index (Phi) is 8.57. The van der Waals surface area contributed by atoms with Gasteiger partial charge in [0.1, 0.15) is 17.9 Å². The topological polar surface area (TPSA) is 125 Å². The molecule has 0 radical (unpaired) electrons. The number of nitro benzene ring substituents is 1. The summed E-state index contributed by atoms with van der Waals surface area (Å²) in [6.07, 6.45) is 3.67. The van der Waals surface area contributed by atoms with Crippen LogP contribution in [0.4, 0.5) is 5.69 Å². The van der Waals surface area contributed by atoms with Gasteiger partial charge in [-0.25, -0.2) is 5.43 Å². The van der Waals surface area contributed by atoms with E-state index < -0.39 is 10.8 Å². The second-order valence-electron chi connectivity index (χ2n) is 8.36. The summed E-state index contributed by atoms with van der Waals surface area (Å²) in [5.74, 6) is 1.23. The zero-order chi connectivity index (χ0) is 27.8. The van der Waals surface area contributed by atoms with E-state index in [0.29, 0.717) is 47.0 Å². The molecule has 0 saturated heterocycles. The number of allylic oxidation sites excluding steroid dienone is 1. The highest BCUT2D eigenvalue weighted by atomic mass is 16.6. The van der Waals surface area contributed by atoms with E-state index in [1.54, 1.807) is 48.5 Å². The molecule has 0 spiro atoms. The number of amides is 1. The molecular formula is C29H27N3O7. The minimum absolute atomic E-state index is 0.0131. The van der Waals surface area contributed by atoms with Crippen molar-refractivity contribution in [2.24, 2.45) is 5.10 Å². The number of hydrogen-bond acceptors (Lipinski definition) is 8. The van der Waals surface area contributed by atoms with Crippen LogP contribution in [0.3, 0.4) is 0 Å². The highest BCUT2D eigenvalue weighted by Crippen LogP contribution is 2.34. The van der Waals surface area contributed by atoms with Crippen molar-refractivity contribution >= 4 is 28.8 Å². The van der Waals surface area contributed by atoms with Gasteiger partial charge < -0.3 is 18.6 Å². The molecule has 1 amide bonds. The van der Waals surface area contributed by atoms with E-state index in [4.69, 9.17) is 18.6 Å². The lowest BCUT2D eigenvalue weighted by molar-refractivity contribution is -0.384. The predicted molar refractivity (Wildman–Crippen MR) is 147 cm³/mol. The molecule has 0 unspecified atom stereocenters. The summed E-state index contributed by atoms with van der Waals surface area (Å²) in [4.78, 5) is 23.2. The normalized spacial score (nSPS) is 10.9. The second-order valence-corrected chi connectivity index (χ2v) is 8.36. The van der Waals surface area contributed by atoms with E-state index >= 15 is 0 Å². The Hall–Kier alpha value is -5.12. The van der Waals surface area contributed by atoms with Gasteiger partial charge in [-0.05, 0) is 60.9 Å². The number of hydrazone groups is 1. The van der Waals surface area contributed by atoms with Crippen molar-refractivity contribution in [3.05, 3.63) is 106 Å². The van der Waals surface area contributed by atoms with Gasteiger partial charge in [-0.1, -0.05) is 18.2 Å². The van der Waals surface area contributed by atoms with Crippen LogP contribution in [0, 0.1) is 10.1 Å². The molecule has 200 valence electrons. The van der Waals surface area contributed by atoms with Crippen LogP contribution in [0.25, 0.3) is 11.0 Å². The zero-order valence-corrected chi connectivity index (χ0v) is 21.5. The highest BCUT2D eigenvalue weighted by Gasteiger charge is 2.15. The minimum atomic E-state index is -0.504. The maximum atomic E-state index is 12.6. The molecule has 1 N–H and O–H groups in total. The smallest absolute Gasteiger partial charge is 0.307 e. The van der Waals surface area contributed by atoms with Crippen LogP contribution < -0.4 is 19.6 Å². The van der Waals surface area contributed by atoms with Crippen molar-refractivity contribution in [2.75, 3.05) is 13.7 Å². The number of ether oxygens (including phenoxy) is 3. The lowest BCUT2D eigenvalue weighted by atomic mass is 10.1. The fraction of sp³-hybridized carbons (Fsp3) is 0.172. The summed E-state index contributed by atoms with van der Waals surface area (Å²) < 4.78 is 22.7. The monoisotopic (exact) mass is 529 g/mol. The maximum absolute atomic E-state index is 12.6. The molecule has 0 atom stereocenters. The molecule has 10 nitrogen and oxygen atoms in total. The van der Waals surface area contributed by atoms with Crippen molar-refractivity contribution in [1.29, 1.82) is 0 Å². The van der Waals surface area contributed by atoms with Crippen LogP contribution in [0.5, 0.6) is 17.2 Å². The third kappa shape index (κ3) is 6.61. The van der Waals surface area contributed by atoms with Gasteiger partial charge in [0, 0.05) is 23.1 Å². The summed E-state index contributed by atoms with van der Waals surface area (Å²) in [5, 5.41) is 15.9. The van der Waals surface area contributed by atoms with E-state index in [-0.39, 0.29) is 18.1 Å². The van der Waals surface area contributed by atoms with Gasteiger partial charge in [0.05, 0.1) is 24.9 Å². The second kappa shape index (κ2) is 12.4. The summed E-state index contributed by atoms with van der Waals surface area (Å²) in [6.45, 7) is 6.34. The van der Waals surface area contributed by atoms with E-state index in [9.17, 15) is 14.9 Å². The Morgan fingerprint density at radius 3 is 2.74 bits per heavy atom. The van der Waals surface area contributed by atoms with Crippen molar-refractivity contribution in [2.45, 2.75) is 20.0 Å². The van der Waals surface area contributed by atoms with Gasteiger partial charge in [0.2, 0.25) is 0 Å². The lowest BCUT2D eigenvalue weighted by Crippen LogP contribution is -2.16. The maximum Gasteiger partial charge on any atom is 0.307 e. The molecule has 10 heteroatoms. The third-order valence-electron chi connectivity index (χ3n) is 5.65. The van der Waals surface area contributed by atoms with Crippen molar-refractivity contribution in [1.82, 2.24) is 5.43 Å². The number of furan rings is 1. The average molecular weight is 530 g/mol. The average Bonchev–Trinajstić information content (AvgIpc) is 3.36. The fourth-order valence-electron chi connectivity index (χ4n) is 3.91. The van der Waals surface area contributed by atoms with Gasteiger partial charge in [0.25, 0.3) is 5.69 Å². The molecule has 3 aromatic carbocycles. The van der Waals surface area contributed by atoms with Gasteiger partial charge >= 0.3 is 5.91 Å². The van der Waals surface area contributed by atoms with E-state index in [0.717, 1.165) is 10.9 Å². The molecule has 4 aromatic rings.